The van der Waals surface area contributed by atoms with Crippen molar-refractivity contribution in [2.45, 2.75) is 38.1 Å². The number of hydrogen-bond acceptors (Lipinski definition) is 4. The Bertz CT molecular complexity index is 718. The minimum atomic E-state index is -0.00498. The lowest BCUT2D eigenvalue weighted by molar-refractivity contribution is 0.146. The Morgan fingerprint density at radius 1 is 1.10 bits per heavy atom. The van der Waals surface area contributed by atoms with Crippen molar-refractivity contribution in [3.05, 3.63) is 60.1 Å². The van der Waals surface area contributed by atoms with Crippen molar-refractivity contribution < 1.29 is 9.52 Å². The number of halogens is 1. The summed E-state index contributed by atoms with van der Waals surface area (Å²) in [6, 6.07) is 14.3. The van der Waals surface area contributed by atoms with Gasteiger partial charge in [-0.05, 0) is 50.6 Å². The molecule has 1 aromatic carbocycles. The summed E-state index contributed by atoms with van der Waals surface area (Å²) in [6.07, 6.45) is 5.53. The fourth-order valence-corrected chi connectivity index (χ4v) is 3.85. The van der Waals surface area contributed by atoms with Gasteiger partial charge in [-0.2, -0.15) is 0 Å². The van der Waals surface area contributed by atoms with Gasteiger partial charge in [-0.25, -0.2) is 0 Å². The second kappa shape index (κ2) is 13.7. The van der Waals surface area contributed by atoms with Crippen LogP contribution in [0.4, 0.5) is 0 Å². The third kappa shape index (κ3) is 7.28. The molecule has 0 saturated carbocycles. The van der Waals surface area contributed by atoms with Crippen LogP contribution in [-0.4, -0.2) is 55.3 Å². The minimum Gasteiger partial charge on any atom is -0.468 e. The molecule has 1 aromatic heterocycles. The Morgan fingerprint density at radius 3 is 2.50 bits per heavy atom. The second-order valence-electron chi connectivity index (χ2n) is 7.52. The van der Waals surface area contributed by atoms with Gasteiger partial charge in [-0.1, -0.05) is 36.8 Å². The van der Waals surface area contributed by atoms with E-state index in [4.69, 9.17) is 9.41 Å². The average Bonchev–Trinajstić information content (AvgIpc) is 3.30. The highest BCUT2D eigenvalue weighted by molar-refractivity contribution is 14.0. The highest BCUT2D eigenvalue weighted by atomic mass is 127. The molecule has 2 unspecified atom stereocenters. The Labute approximate surface area is 197 Å². The number of rotatable bonds is 9. The van der Waals surface area contributed by atoms with Gasteiger partial charge in [0.2, 0.25) is 0 Å². The molecule has 1 saturated heterocycles. The van der Waals surface area contributed by atoms with Gasteiger partial charge in [0.25, 0.3) is 0 Å². The lowest BCUT2D eigenvalue weighted by atomic mass is 10.0. The van der Waals surface area contributed by atoms with Crippen molar-refractivity contribution in [1.29, 1.82) is 0 Å². The normalized spacial score (nSPS) is 17.1. The summed E-state index contributed by atoms with van der Waals surface area (Å²) in [5, 5.41) is 16.6. The number of benzene rings is 1. The van der Waals surface area contributed by atoms with E-state index in [1.165, 1.54) is 19.3 Å². The quantitative estimate of drug-likeness (QED) is 0.264. The zero-order chi connectivity index (χ0) is 20.3. The number of nitrogens with one attached hydrogen (secondary N) is 2. The summed E-state index contributed by atoms with van der Waals surface area (Å²) >= 11 is 0. The maximum absolute atomic E-state index is 9.81. The lowest BCUT2D eigenvalue weighted by Crippen LogP contribution is -2.44. The van der Waals surface area contributed by atoms with E-state index in [0.29, 0.717) is 6.54 Å². The number of guanidine groups is 1. The molecular weight excluding hydrogens is 491 g/mol. The van der Waals surface area contributed by atoms with E-state index in [9.17, 15) is 5.11 Å². The highest BCUT2D eigenvalue weighted by Gasteiger charge is 2.24. The van der Waals surface area contributed by atoms with Crippen molar-refractivity contribution in [3.8, 4) is 0 Å². The molecule has 3 rings (SSSR count). The van der Waals surface area contributed by atoms with Crippen LogP contribution in [0.5, 0.6) is 0 Å². The summed E-state index contributed by atoms with van der Waals surface area (Å²) < 4.78 is 5.74. The molecule has 0 radical (unpaired) electrons. The van der Waals surface area contributed by atoms with Gasteiger partial charge < -0.3 is 20.2 Å². The number of aliphatic hydroxyl groups excluding tert-OH is 1. The van der Waals surface area contributed by atoms with E-state index in [2.05, 4.69) is 28.5 Å². The molecule has 1 fully saturated rings. The van der Waals surface area contributed by atoms with Crippen molar-refractivity contribution in [2.24, 2.45) is 4.99 Å². The van der Waals surface area contributed by atoms with E-state index in [0.717, 1.165) is 43.5 Å². The Morgan fingerprint density at radius 2 is 1.87 bits per heavy atom. The van der Waals surface area contributed by atoms with Crippen molar-refractivity contribution in [3.63, 3.8) is 0 Å². The van der Waals surface area contributed by atoms with Crippen LogP contribution < -0.4 is 10.6 Å². The fraction of sp³-hybridized carbons (Fsp3) is 0.522. The Balaban J connectivity index is 0.00000320. The first-order chi connectivity index (χ1) is 14.3. The van der Waals surface area contributed by atoms with Gasteiger partial charge >= 0.3 is 0 Å². The molecule has 6 nitrogen and oxygen atoms in total. The molecule has 2 aromatic rings. The molecule has 2 heterocycles. The number of nitrogens with zero attached hydrogens (tertiary/aromatic N) is 2. The van der Waals surface area contributed by atoms with Gasteiger partial charge in [-0.3, -0.25) is 9.89 Å². The first-order valence-electron chi connectivity index (χ1n) is 10.8. The predicted octanol–water partition coefficient (Wildman–Crippen LogP) is 3.76. The van der Waals surface area contributed by atoms with E-state index in [1.54, 1.807) is 6.26 Å². The molecule has 0 bridgehead atoms. The summed E-state index contributed by atoms with van der Waals surface area (Å²) in [6.45, 7) is 6.39. The summed E-state index contributed by atoms with van der Waals surface area (Å²) in [4.78, 5) is 7.24. The number of furan rings is 1. The van der Waals surface area contributed by atoms with Gasteiger partial charge in [0.15, 0.2) is 5.96 Å². The molecule has 1 aliphatic rings. The number of aliphatic hydroxyl groups is 1. The third-order valence-electron chi connectivity index (χ3n) is 5.47. The van der Waals surface area contributed by atoms with Crippen LogP contribution in [0, 0.1) is 0 Å². The number of piperidine rings is 1. The van der Waals surface area contributed by atoms with E-state index in [1.807, 2.05) is 36.4 Å². The van der Waals surface area contributed by atoms with Crippen molar-refractivity contribution in [1.82, 2.24) is 15.5 Å². The first-order valence-corrected chi connectivity index (χ1v) is 10.8. The number of hydrogen-bond donors (Lipinski definition) is 3. The van der Waals surface area contributed by atoms with E-state index in [-0.39, 0.29) is 42.5 Å². The standard InChI is InChI=1S/C23H34N4O2.HI/c1-2-24-23(25-16-20(18-28)19-10-5-3-6-11-19)26-17-21(22-12-9-15-29-22)27-13-7-4-8-14-27;/h3,5-6,9-12,15,20-21,28H,2,4,7-8,13-14,16-18H2,1H3,(H2,24,25,26);1H. The summed E-state index contributed by atoms with van der Waals surface area (Å²) in [5.74, 6) is 1.76. The minimum absolute atomic E-state index is 0. The van der Waals surface area contributed by atoms with Crippen LogP contribution in [0.1, 0.15) is 49.5 Å². The van der Waals surface area contributed by atoms with E-state index < -0.39 is 0 Å². The SMILES string of the molecule is CCNC(=NCC(CO)c1ccccc1)NCC(c1ccco1)N1CCCCC1.I. The van der Waals surface area contributed by atoms with Gasteiger partial charge in [-0.15, -0.1) is 24.0 Å². The molecule has 1 aliphatic heterocycles. The fourth-order valence-electron chi connectivity index (χ4n) is 3.85. The molecule has 30 heavy (non-hydrogen) atoms. The average molecular weight is 526 g/mol. The molecule has 0 aliphatic carbocycles. The second-order valence-corrected chi connectivity index (χ2v) is 7.52. The van der Waals surface area contributed by atoms with Crippen molar-refractivity contribution >= 4 is 29.9 Å². The maximum Gasteiger partial charge on any atom is 0.191 e. The summed E-state index contributed by atoms with van der Waals surface area (Å²) in [7, 11) is 0. The van der Waals surface area contributed by atoms with Gasteiger partial charge in [0, 0.05) is 19.0 Å². The molecule has 166 valence electrons. The molecule has 0 spiro atoms. The van der Waals surface area contributed by atoms with Crippen LogP contribution in [-0.2, 0) is 0 Å². The number of aliphatic imine (C=N–C) groups is 1. The Hall–Kier alpha value is -1.58. The first kappa shape index (κ1) is 24.7. The molecule has 0 amide bonds. The smallest absolute Gasteiger partial charge is 0.191 e. The van der Waals surface area contributed by atoms with Crippen LogP contribution in [0.3, 0.4) is 0 Å². The van der Waals surface area contributed by atoms with Gasteiger partial charge in [0.1, 0.15) is 5.76 Å². The van der Waals surface area contributed by atoms with Crippen molar-refractivity contribution in [2.75, 3.05) is 39.3 Å². The Kier molecular flexibility index (Phi) is 11.2. The molecule has 3 N–H and O–H groups in total. The highest BCUT2D eigenvalue weighted by Crippen LogP contribution is 2.24. The van der Waals surface area contributed by atoms with Crippen LogP contribution in [0.15, 0.2) is 58.1 Å². The zero-order valence-electron chi connectivity index (χ0n) is 17.8. The zero-order valence-corrected chi connectivity index (χ0v) is 20.1. The maximum atomic E-state index is 9.81. The van der Waals surface area contributed by atoms with Crippen LogP contribution >= 0.6 is 24.0 Å². The summed E-state index contributed by atoms with van der Waals surface area (Å²) in [5.41, 5.74) is 1.11. The van der Waals surface area contributed by atoms with E-state index >= 15 is 0 Å². The predicted molar refractivity (Wildman–Crippen MR) is 133 cm³/mol. The third-order valence-corrected chi connectivity index (χ3v) is 5.47. The number of likely N-dealkylation sites (tertiary alicyclic amines) is 1. The lowest BCUT2D eigenvalue weighted by Gasteiger charge is -2.33. The molecule has 2 atom stereocenters. The van der Waals surface area contributed by atoms with Gasteiger partial charge in [0.05, 0.1) is 25.5 Å². The molecular formula is C23H35IN4O2. The van der Waals surface area contributed by atoms with Crippen LogP contribution in [0.25, 0.3) is 0 Å². The topological polar surface area (TPSA) is 73.0 Å². The largest absolute Gasteiger partial charge is 0.468 e. The molecule has 7 heteroatoms. The monoisotopic (exact) mass is 526 g/mol. The van der Waals surface area contributed by atoms with Crippen LogP contribution in [0.2, 0.25) is 0 Å².